The molecule has 3 amide bonds. The number of nitrogens with zero attached hydrogens (tertiary/aromatic N) is 3. The monoisotopic (exact) mass is 430 g/mol. The predicted octanol–water partition coefficient (Wildman–Crippen LogP) is 2.27. The number of urea groups is 1. The van der Waals surface area contributed by atoms with Gasteiger partial charge in [0.15, 0.2) is 11.3 Å². The third kappa shape index (κ3) is 4.49. The van der Waals surface area contributed by atoms with Crippen molar-refractivity contribution in [2.24, 2.45) is 5.92 Å². The Morgan fingerprint density at radius 1 is 1.43 bits per heavy atom. The Hall–Kier alpha value is -2.85. The molecule has 1 atom stereocenters. The summed E-state index contributed by atoms with van der Waals surface area (Å²) < 4.78 is 13.1. The van der Waals surface area contributed by atoms with Crippen molar-refractivity contribution < 1.29 is 23.6 Å². The second-order valence-corrected chi connectivity index (χ2v) is 8.21. The molecule has 4 rings (SSSR count). The Morgan fingerprint density at radius 3 is 3.03 bits per heavy atom. The van der Waals surface area contributed by atoms with Crippen molar-refractivity contribution in [3.05, 3.63) is 17.7 Å². The minimum atomic E-state index is -0.312. The van der Waals surface area contributed by atoms with E-state index in [9.17, 15) is 9.59 Å². The van der Waals surface area contributed by atoms with E-state index in [2.05, 4.69) is 20.6 Å². The molecular formula is C20H24N5O4S+. The summed E-state index contributed by atoms with van der Waals surface area (Å²) in [6, 6.07) is 1.56. The van der Waals surface area contributed by atoms with Gasteiger partial charge in [0, 0.05) is 30.7 Å². The number of nitrogens with one attached hydrogen (secondary N) is 2. The summed E-state index contributed by atoms with van der Waals surface area (Å²) >= 11 is 1.28. The molecule has 2 aromatic heterocycles. The van der Waals surface area contributed by atoms with Crippen molar-refractivity contribution >= 4 is 50.5 Å². The normalized spacial score (nSPS) is 18.9. The van der Waals surface area contributed by atoms with E-state index in [1.54, 1.807) is 17.8 Å². The number of hydrogen-bond acceptors (Lipinski definition) is 7. The number of fused-ring (bicyclic) bond motifs is 1. The Balaban J connectivity index is 1.67. The van der Waals surface area contributed by atoms with E-state index in [0.29, 0.717) is 47.0 Å². The highest BCUT2D eigenvalue weighted by Crippen LogP contribution is 2.34. The maximum atomic E-state index is 12.2. The maximum absolute atomic E-state index is 12.2. The van der Waals surface area contributed by atoms with Crippen LogP contribution in [0.5, 0.6) is 5.88 Å². The molecule has 0 saturated carbocycles. The quantitative estimate of drug-likeness (QED) is 0.681. The summed E-state index contributed by atoms with van der Waals surface area (Å²) in [6.45, 7) is 4.29. The van der Waals surface area contributed by atoms with Crippen molar-refractivity contribution in [3.63, 3.8) is 0 Å². The lowest BCUT2D eigenvalue weighted by molar-refractivity contribution is -0.413. The molecule has 1 unspecified atom stereocenters. The van der Waals surface area contributed by atoms with Gasteiger partial charge < -0.3 is 14.8 Å². The number of carbonyl (C=O) groups is 2. The van der Waals surface area contributed by atoms with E-state index in [-0.39, 0.29) is 18.4 Å². The van der Waals surface area contributed by atoms with Gasteiger partial charge in [0.2, 0.25) is 5.88 Å². The fraction of sp³-hybridized carbons (Fsp3) is 0.450. The van der Waals surface area contributed by atoms with Crippen molar-refractivity contribution in [2.45, 2.75) is 19.8 Å². The zero-order chi connectivity index (χ0) is 21.1. The number of pyridine rings is 1. The topological polar surface area (TPSA) is 105 Å². The van der Waals surface area contributed by atoms with Gasteiger partial charge in [-0.2, -0.15) is 4.58 Å². The number of anilines is 1. The summed E-state index contributed by atoms with van der Waals surface area (Å²) in [5, 5.41) is 5.85. The van der Waals surface area contributed by atoms with Gasteiger partial charge in [-0.1, -0.05) is 11.3 Å². The fourth-order valence-electron chi connectivity index (χ4n) is 3.27. The van der Waals surface area contributed by atoms with E-state index < -0.39 is 0 Å². The SMILES string of the molecule is CCNC(=O)Nc1nc2cc(C3=CC=[N+](C)C(=O)C3)c(OCC3CCOC3)nc2s1. The number of hydrogen-bond donors (Lipinski definition) is 2. The zero-order valence-corrected chi connectivity index (χ0v) is 17.8. The van der Waals surface area contributed by atoms with E-state index in [0.717, 1.165) is 24.2 Å². The zero-order valence-electron chi connectivity index (χ0n) is 16.9. The van der Waals surface area contributed by atoms with Crippen LogP contribution in [0.1, 0.15) is 25.3 Å². The van der Waals surface area contributed by atoms with Gasteiger partial charge in [-0.3, -0.25) is 5.32 Å². The van der Waals surface area contributed by atoms with Gasteiger partial charge in [-0.25, -0.2) is 19.6 Å². The van der Waals surface area contributed by atoms with Crippen LogP contribution in [0.25, 0.3) is 15.9 Å². The first-order valence-electron chi connectivity index (χ1n) is 9.90. The molecule has 0 aliphatic carbocycles. The summed E-state index contributed by atoms with van der Waals surface area (Å²) in [6.07, 6.45) is 4.86. The first kappa shape index (κ1) is 20.4. The second-order valence-electron chi connectivity index (χ2n) is 7.23. The van der Waals surface area contributed by atoms with Crippen LogP contribution in [0.4, 0.5) is 9.93 Å². The molecule has 2 N–H and O–H groups in total. The van der Waals surface area contributed by atoms with Crippen LogP contribution in [0.15, 0.2) is 12.1 Å². The van der Waals surface area contributed by atoms with Crippen LogP contribution in [0.2, 0.25) is 0 Å². The number of rotatable bonds is 6. The first-order valence-corrected chi connectivity index (χ1v) is 10.7. The van der Waals surface area contributed by atoms with E-state index in [4.69, 9.17) is 9.47 Å². The Kier molecular flexibility index (Phi) is 6.05. The van der Waals surface area contributed by atoms with E-state index in [1.165, 1.54) is 11.3 Å². The van der Waals surface area contributed by atoms with Crippen LogP contribution in [-0.2, 0) is 9.53 Å². The molecule has 9 nitrogen and oxygen atoms in total. The summed E-state index contributed by atoms with van der Waals surface area (Å²) in [7, 11) is 1.73. The average molecular weight is 431 g/mol. The van der Waals surface area contributed by atoms with Crippen molar-refractivity contribution in [1.82, 2.24) is 15.3 Å². The average Bonchev–Trinajstić information content (AvgIpc) is 3.36. The van der Waals surface area contributed by atoms with Gasteiger partial charge in [0.05, 0.1) is 13.2 Å². The lowest BCUT2D eigenvalue weighted by Crippen LogP contribution is -2.28. The molecule has 158 valence electrons. The predicted molar refractivity (Wildman–Crippen MR) is 114 cm³/mol. The van der Waals surface area contributed by atoms with Crippen LogP contribution < -0.4 is 15.4 Å². The third-order valence-corrected chi connectivity index (χ3v) is 5.85. The fourth-order valence-corrected chi connectivity index (χ4v) is 4.08. The Labute approximate surface area is 177 Å². The van der Waals surface area contributed by atoms with E-state index in [1.807, 2.05) is 19.1 Å². The minimum Gasteiger partial charge on any atom is -0.477 e. The number of ether oxygens (including phenoxy) is 2. The van der Waals surface area contributed by atoms with Crippen molar-refractivity contribution in [1.29, 1.82) is 0 Å². The van der Waals surface area contributed by atoms with Gasteiger partial charge in [0.25, 0.3) is 0 Å². The summed E-state index contributed by atoms with van der Waals surface area (Å²) in [4.78, 5) is 33.8. The maximum Gasteiger partial charge on any atom is 0.391 e. The Bertz CT molecular complexity index is 1040. The number of carbonyl (C=O) groups excluding carboxylic acids is 2. The van der Waals surface area contributed by atoms with Crippen LogP contribution >= 0.6 is 11.3 Å². The molecular weight excluding hydrogens is 406 g/mol. The smallest absolute Gasteiger partial charge is 0.391 e. The molecule has 30 heavy (non-hydrogen) atoms. The number of allylic oxidation sites excluding steroid dienone is 1. The summed E-state index contributed by atoms with van der Waals surface area (Å²) in [5.41, 5.74) is 2.22. The second kappa shape index (κ2) is 8.88. The van der Waals surface area contributed by atoms with Gasteiger partial charge in [-0.15, -0.1) is 0 Å². The molecule has 10 heteroatoms. The van der Waals surface area contributed by atoms with Crippen LogP contribution in [-0.4, -0.2) is 66.1 Å². The summed E-state index contributed by atoms with van der Waals surface area (Å²) in [5.74, 6) is 0.797. The highest BCUT2D eigenvalue weighted by Gasteiger charge is 2.25. The number of aromatic nitrogens is 2. The molecule has 1 saturated heterocycles. The number of amides is 3. The van der Waals surface area contributed by atoms with Gasteiger partial charge in [-0.05, 0) is 25.0 Å². The van der Waals surface area contributed by atoms with Gasteiger partial charge in [0.1, 0.15) is 23.8 Å². The standard InChI is InChI=1S/C20H23N5O4S/c1-3-21-19(27)24-20-22-15-9-14(13-4-6-25(2)16(26)8-13)17(23-18(15)30-20)29-11-12-5-7-28-10-12/h4,6,9,12H,3,5,7-8,10-11H2,1-2H3,(H-,21,22,24,27)/p+1. The highest BCUT2D eigenvalue weighted by atomic mass is 32.1. The van der Waals surface area contributed by atoms with Crippen LogP contribution in [0.3, 0.4) is 0 Å². The van der Waals surface area contributed by atoms with Crippen LogP contribution in [0, 0.1) is 5.92 Å². The molecule has 4 heterocycles. The molecule has 0 spiro atoms. The van der Waals surface area contributed by atoms with Crippen molar-refractivity contribution in [2.75, 3.05) is 38.7 Å². The minimum absolute atomic E-state index is 0.000361. The number of thiazole rings is 1. The lowest BCUT2D eigenvalue weighted by Gasteiger charge is -2.15. The van der Waals surface area contributed by atoms with Crippen molar-refractivity contribution in [3.8, 4) is 5.88 Å². The molecule has 1 fully saturated rings. The van der Waals surface area contributed by atoms with E-state index >= 15 is 0 Å². The largest absolute Gasteiger partial charge is 0.477 e. The first-order chi connectivity index (χ1) is 14.5. The lowest BCUT2D eigenvalue weighted by atomic mass is 10.0. The molecule has 0 bridgehead atoms. The molecule has 2 aliphatic heterocycles. The molecule has 2 aromatic rings. The Morgan fingerprint density at radius 2 is 2.30 bits per heavy atom. The highest BCUT2D eigenvalue weighted by molar-refractivity contribution is 7.21. The third-order valence-electron chi connectivity index (χ3n) is 4.97. The van der Waals surface area contributed by atoms with Gasteiger partial charge >= 0.3 is 11.9 Å². The molecule has 2 aliphatic rings. The molecule has 0 radical (unpaired) electrons. The molecule has 0 aromatic carbocycles.